The van der Waals surface area contributed by atoms with E-state index in [-0.39, 0.29) is 11.8 Å². The van der Waals surface area contributed by atoms with Crippen LogP contribution in [0.1, 0.15) is 37.3 Å². The van der Waals surface area contributed by atoms with Gasteiger partial charge in [0, 0.05) is 30.8 Å². The van der Waals surface area contributed by atoms with Crippen molar-refractivity contribution in [3.63, 3.8) is 0 Å². The molecule has 0 radical (unpaired) electrons. The van der Waals surface area contributed by atoms with Gasteiger partial charge < -0.3 is 20.1 Å². The van der Waals surface area contributed by atoms with Crippen molar-refractivity contribution < 1.29 is 9.84 Å². The molecule has 4 heteroatoms. The van der Waals surface area contributed by atoms with Gasteiger partial charge in [-0.15, -0.1) is 0 Å². The summed E-state index contributed by atoms with van der Waals surface area (Å²) in [6.45, 7) is 2.71. The molecule has 0 bridgehead atoms. The predicted octanol–water partition coefficient (Wildman–Crippen LogP) is 2.29. The molecular weight excluding hydrogens is 252 g/mol. The zero-order chi connectivity index (χ0) is 13.9. The highest BCUT2D eigenvalue weighted by atomic mass is 16.5. The number of phenolic OH excluding ortho intramolecular Hbond substituents is 1. The number of ether oxygens (including phenoxy) is 1. The summed E-state index contributed by atoms with van der Waals surface area (Å²) >= 11 is 0. The quantitative estimate of drug-likeness (QED) is 0.866. The number of nitrogens with zero attached hydrogens (tertiary/aromatic N) is 1. The van der Waals surface area contributed by atoms with Crippen molar-refractivity contribution in [2.75, 3.05) is 26.7 Å². The fourth-order valence-electron chi connectivity index (χ4n) is 3.31. The van der Waals surface area contributed by atoms with Crippen LogP contribution in [0.25, 0.3) is 0 Å². The van der Waals surface area contributed by atoms with E-state index in [4.69, 9.17) is 4.74 Å². The van der Waals surface area contributed by atoms with Gasteiger partial charge in [0.25, 0.3) is 0 Å². The average molecular weight is 276 g/mol. The first-order valence-electron chi connectivity index (χ1n) is 7.63. The Labute approximate surface area is 120 Å². The second kappa shape index (κ2) is 6.02. The summed E-state index contributed by atoms with van der Waals surface area (Å²) < 4.78 is 5.61. The van der Waals surface area contributed by atoms with Crippen LogP contribution in [0.4, 0.5) is 0 Å². The number of benzene rings is 1. The third-order valence-electron chi connectivity index (χ3n) is 4.58. The van der Waals surface area contributed by atoms with Gasteiger partial charge >= 0.3 is 0 Å². The minimum atomic E-state index is 0.252. The zero-order valence-electron chi connectivity index (χ0n) is 12.1. The Morgan fingerprint density at radius 3 is 2.95 bits per heavy atom. The van der Waals surface area contributed by atoms with Crippen LogP contribution >= 0.6 is 0 Å². The Morgan fingerprint density at radius 2 is 2.15 bits per heavy atom. The molecule has 1 saturated carbocycles. The molecule has 2 aliphatic rings. The summed E-state index contributed by atoms with van der Waals surface area (Å²) in [4.78, 5) is 2.48. The molecule has 1 fully saturated rings. The van der Waals surface area contributed by atoms with Crippen molar-refractivity contribution >= 4 is 0 Å². The molecule has 4 nitrogen and oxygen atoms in total. The number of hydrogen-bond acceptors (Lipinski definition) is 4. The molecule has 0 saturated heterocycles. The van der Waals surface area contributed by atoms with Gasteiger partial charge in [-0.1, -0.05) is 12.8 Å². The van der Waals surface area contributed by atoms with Gasteiger partial charge in [0.2, 0.25) is 0 Å². The molecule has 20 heavy (non-hydrogen) atoms. The van der Waals surface area contributed by atoms with E-state index in [1.807, 2.05) is 6.07 Å². The van der Waals surface area contributed by atoms with Gasteiger partial charge in [0.05, 0.1) is 6.04 Å². The standard InChI is InChI=1S/C16H24N2O2/c1-18(12-4-2-3-5-12)9-8-17-15-11-20-16-10-13(19)6-7-14(15)16/h6-7,10,12,15,17,19H,2-5,8-9,11H2,1H3. The number of hydrogen-bond donors (Lipinski definition) is 2. The molecule has 1 atom stereocenters. The average Bonchev–Trinajstić information content (AvgIpc) is 3.08. The molecule has 3 rings (SSSR count). The second-order valence-electron chi connectivity index (χ2n) is 5.96. The summed E-state index contributed by atoms with van der Waals surface area (Å²) in [5, 5.41) is 13.0. The Balaban J connectivity index is 1.48. The van der Waals surface area contributed by atoms with E-state index < -0.39 is 0 Å². The highest BCUT2D eigenvalue weighted by Crippen LogP contribution is 2.34. The van der Waals surface area contributed by atoms with Crippen LogP contribution in [0.5, 0.6) is 11.5 Å². The molecule has 1 aliphatic heterocycles. The summed E-state index contributed by atoms with van der Waals surface area (Å²) in [6, 6.07) is 6.41. The number of phenols is 1. The first-order valence-corrected chi connectivity index (χ1v) is 7.63. The molecule has 1 heterocycles. The topological polar surface area (TPSA) is 44.7 Å². The minimum Gasteiger partial charge on any atom is -0.508 e. The molecule has 1 aromatic carbocycles. The van der Waals surface area contributed by atoms with E-state index in [2.05, 4.69) is 17.3 Å². The SMILES string of the molecule is CN(CCNC1COc2cc(O)ccc21)C1CCCC1. The summed E-state index contributed by atoms with van der Waals surface area (Å²) in [5.74, 6) is 1.08. The van der Waals surface area contributed by atoms with E-state index in [0.29, 0.717) is 6.61 Å². The third-order valence-corrected chi connectivity index (χ3v) is 4.58. The Bertz CT molecular complexity index is 458. The van der Waals surface area contributed by atoms with Crippen LogP contribution in [0, 0.1) is 0 Å². The van der Waals surface area contributed by atoms with Crippen molar-refractivity contribution in [1.82, 2.24) is 10.2 Å². The van der Waals surface area contributed by atoms with E-state index in [9.17, 15) is 5.11 Å². The smallest absolute Gasteiger partial charge is 0.127 e. The minimum absolute atomic E-state index is 0.252. The summed E-state index contributed by atoms with van der Waals surface area (Å²) in [5.41, 5.74) is 1.16. The number of rotatable bonds is 5. The van der Waals surface area contributed by atoms with Crippen molar-refractivity contribution in [3.8, 4) is 11.5 Å². The maximum Gasteiger partial charge on any atom is 0.127 e. The second-order valence-corrected chi connectivity index (χ2v) is 5.96. The number of likely N-dealkylation sites (N-methyl/N-ethyl adjacent to an activating group) is 1. The monoisotopic (exact) mass is 276 g/mol. The Morgan fingerprint density at radius 1 is 1.35 bits per heavy atom. The van der Waals surface area contributed by atoms with Crippen molar-refractivity contribution in [2.45, 2.75) is 37.8 Å². The lowest BCUT2D eigenvalue weighted by Gasteiger charge is -2.24. The first kappa shape index (κ1) is 13.7. The zero-order valence-corrected chi connectivity index (χ0v) is 12.1. The molecular formula is C16H24N2O2. The molecule has 1 unspecified atom stereocenters. The highest BCUT2D eigenvalue weighted by Gasteiger charge is 2.24. The highest BCUT2D eigenvalue weighted by molar-refractivity contribution is 5.44. The maximum absolute atomic E-state index is 9.45. The van der Waals surface area contributed by atoms with Crippen molar-refractivity contribution in [2.24, 2.45) is 0 Å². The van der Waals surface area contributed by atoms with Crippen molar-refractivity contribution in [1.29, 1.82) is 0 Å². The van der Waals surface area contributed by atoms with E-state index in [1.165, 1.54) is 25.7 Å². The Kier molecular flexibility index (Phi) is 4.13. The molecule has 1 aliphatic carbocycles. The molecule has 0 amide bonds. The maximum atomic E-state index is 9.45. The van der Waals surface area contributed by atoms with Crippen LogP contribution in [0.3, 0.4) is 0 Å². The molecule has 0 spiro atoms. The van der Waals surface area contributed by atoms with Crippen LogP contribution in [0.2, 0.25) is 0 Å². The van der Waals surface area contributed by atoms with Gasteiger partial charge in [-0.3, -0.25) is 0 Å². The van der Waals surface area contributed by atoms with Gasteiger partial charge in [-0.25, -0.2) is 0 Å². The summed E-state index contributed by atoms with van der Waals surface area (Å²) in [6.07, 6.45) is 5.47. The number of fused-ring (bicyclic) bond motifs is 1. The number of aromatic hydroxyl groups is 1. The van der Waals surface area contributed by atoms with Gasteiger partial charge in [-0.2, -0.15) is 0 Å². The van der Waals surface area contributed by atoms with Gasteiger partial charge in [0.1, 0.15) is 18.1 Å². The molecule has 0 aromatic heterocycles. The summed E-state index contributed by atoms with van der Waals surface area (Å²) in [7, 11) is 2.23. The van der Waals surface area contributed by atoms with Gasteiger partial charge in [0.15, 0.2) is 0 Å². The van der Waals surface area contributed by atoms with Crippen LogP contribution in [-0.4, -0.2) is 42.8 Å². The molecule has 2 N–H and O–H groups in total. The van der Waals surface area contributed by atoms with Crippen LogP contribution < -0.4 is 10.1 Å². The van der Waals surface area contributed by atoms with Crippen LogP contribution in [0.15, 0.2) is 18.2 Å². The lowest BCUT2D eigenvalue weighted by molar-refractivity contribution is 0.237. The first-order chi connectivity index (χ1) is 9.74. The van der Waals surface area contributed by atoms with Crippen LogP contribution in [-0.2, 0) is 0 Å². The Hall–Kier alpha value is -1.26. The largest absolute Gasteiger partial charge is 0.508 e. The fourth-order valence-corrected chi connectivity index (χ4v) is 3.31. The molecule has 1 aromatic rings. The number of nitrogens with one attached hydrogen (secondary N) is 1. The lowest BCUT2D eigenvalue weighted by atomic mass is 10.1. The normalized spacial score (nSPS) is 22.2. The molecule has 110 valence electrons. The fraction of sp³-hybridized carbons (Fsp3) is 0.625. The lowest BCUT2D eigenvalue weighted by Crippen LogP contribution is -2.36. The predicted molar refractivity (Wildman–Crippen MR) is 79.2 cm³/mol. The van der Waals surface area contributed by atoms with E-state index in [0.717, 1.165) is 30.4 Å². The van der Waals surface area contributed by atoms with Gasteiger partial charge in [-0.05, 0) is 32.0 Å². The van der Waals surface area contributed by atoms with Crippen molar-refractivity contribution in [3.05, 3.63) is 23.8 Å². The third kappa shape index (κ3) is 2.91. The van der Waals surface area contributed by atoms with E-state index in [1.54, 1.807) is 12.1 Å². The van der Waals surface area contributed by atoms with E-state index >= 15 is 0 Å².